The lowest BCUT2D eigenvalue weighted by atomic mass is 9.86. The Morgan fingerprint density at radius 2 is 1.71 bits per heavy atom. The van der Waals surface area contributed by atoms with E-state index >= 15 is 0 Å². The molecule has 0 bridgehead atoms. The van der Waals surface area contributed by atoms with Gasteiger partial charge < -0.3 is 24.2 Å². The number of piperidine rings is 1. The minimum atomic E-state index is -0.338. The number of ether oxygens (including phenoxy) is 3. The highest BCUT2D eigenvalue weighted by molar-refractivity contribution is 5.78. The minimum absolute atomic E-state index is 0.0919. The zero-order valence-corrected chi connectivity index (χ0v) is 20.1. The summed E-state index contributed by atoms with van der Waals surface area (Å²) in [6.07, 6.45) is 1.39. The predicted octanol–water partition coefficient (Wildman–Crippen LogP) is 5.94. The van der Waals surface area contributed by atoms with Crippen LogP contribution < -0.4 is 14.2 Å². The Hall–Kier alpha value is -3.67. The highest BCUT2D eigenvalue weighted by Gasteiger charge is 2.30. The van der Waals surface area contributed by atoms with Gasteiger partial charge in [0.1, 0.15) is 17.2 Å². The molecule has 1 saturated heterocycles. The van der Waals surface area contributed by atoms with Crippen molar-refractivity contribution in [3.05, 3.63) is 77.9 Å². The van der Waals surface area contributed by atoms with Crippen molar-refractivity contribution in [3.8, 4) is 28.7 Å². The predicted molar refractivity (Wildman–Crippen MR) is 133 cm³/mol. The van der Waals surface area contributed by atoms with Crippen molar-refractivity contribution >= 4 is 5.91 Å². The summed E-state index contributed by atoms with van der Waals surface area (Å²) in [7, 11) is 0. The Kier molecular flexibility index (Phi) is 6.53. The molecule has 3 unspecified atom stereocenters. The standard InChI is InChI=1S/C29H31NO5/c1-19-12-20(2)17-30(16-19)29(32)15-25(21-8-11-27-28(13-21)34-18-33-27)24-10-9-23(14-26(24)31)35-22-6-4-3-5-7-22/h3-11,13-14,19-20,25,31H,12,15-18H2,1-2H3. The number of para-hydroxylation sites is 1. The number of hydrogen-bond donors (Lipinski definition) is 1. The van der Waals surface area contributed by atoms with Crippen LogP contribution >= 0.6 is 0 Å². The fraction of sp³-hybridized carbons (Fsp3) is 0.345. The van der Waals surface area contributed by atoms with Crippen molar-refractivity contribution in [2.24, 2.45) is 11.8 Å². The average molecular weight is 474 g/mol. The van der Waals surface area contributed by atoms with E-state index in [2.05, 4.69) is 13.8 Å². The average Bonchev–Trinajstić information content (AvgIpc) is 3.31. The Labute approximate surface area is 206 Å². The number of likely N-dealkylation sites (tertiary alicyclic amines) is 1. The summed E-state index contributed by atoms with van der Waals surface area (Å²) >= 11 is 0. The highest BCUT2D eigenvalue weighted by atomic mass is 16.7. The number of phenols is 1. The monoisotopic (exact) mass is 473 g/mol. The maximum atomic E-state index is 13.5. The van der Waals surface area contributed by atoms with Crippen molar-refractivity contribution in [1.82, 2.24) is 4.90 Å². The lowest BCUT2D eigenvalue weighted by molar-refractivity contribution is -0.134. The fourth-order valence-corrected chi connectivity index (χ4v) is 5.21. The summed E-state index contributed by atoms with van der Waals surface area (Å²) in [5, 5.41) is 11.0. The van der Waals surface area contributed by atoms with E-state index in [-0.39, 0.29) is 30.8 Å². The number of nitrogens with zero attached hydrogens (tertiary/aromatic N) is 1. The summed E-state index contributed by atoms with van der Waals surface area (Å²) in [6.45, 7) is 6.12. The molecule has 2 heterocycles. The van der Waals surface area contributed by atoms with E-state index in [0.717, 1.165) is 25.1 Å². The van der Waals surface area contributed by atoms with Gasteiger partial charge in [-0.3, -0.25) is 4.79 Å². The second-order valence-corrected chi connectivity index (χ2v) is 9.75. The zero-order chi connectivity index (χ0) is 24.4. The molecule has 6 heteroatoms. The van der Waals surface area contributed by atoms with Gasteiger partial charge in [-0.05, 0) is 54.2 Å². The molecule has 3 atom stereocenters. The quantitative estimate of drug-likeness (QED) is 0.480. The molecule has 1 fully saturated rings. The van der Waals surface area contributed by atoms with E-state index in [0.29, 0.717) is 40.4 Å². The molecule has 2 aliphatic heterocycles. The van der Waals surface area contributed by atoms with E-state index in [1.165, 1.54) is 0 Å². The van der Waals surface area contributed by atoms with Crippen LogP contribution in [0.15, 0.2) is 66.7 Å². The van der Waals surface area contributed by atoms with Gasteiger partial charge in [-0.2, -0.15) is 0 Å². The summed E-state index contributed by atoms with van der Waals surface area (Å²) in [5.41, 5.74) is 1.57. The zero-order valence-electron chi connectivity index (χ0n) is 20.1. The van der Waals surface area contributed by atoms with Gasteiger partial charge in [0.05, 0.1) is 0 Å². The van der Waals surface area contributed by atoms with Gasteiger partial charge in [0.2, 0.25) is 12.7 Å². The molecule has 1 N–H and O–H groups in total. The number of carbonyl (C=O) groups excluding carboxylic acids is 1. The first-order chi connectivity index (χ1) is 17.0. The number of phenolic OH excluding ortho intramolecular Hbond substituents is 1. The maximum Gasteiger partial charge on any atom is 0.231 e. The third-order valence-electron chi connectivity index (χ3n) is 6.76. The smallest absolute Gasteiger partial charge is 0.231 e. The van der Waals surface area contributed by atoms with Crippen LogP contribution in [0.1, 0.15) is 43.7 Å². The van der Waals surface area contributed by atoms with Crippen LogP contribution in [0.4, 0.5) is 0 Å². The Bertz CT molecular complexity index is 1180. The molecular formula is C29H31NO5. The van der Waals surface area contributed by atoms with Gasteiger partial charge in [-0.25, -0.2) is 0 Å². The molecule has 35 heavy (non-hydrogen) atoms. The largest absolute Gasteiger partial charge is 0.508 e. The lowest BCUT2D eigenvalue weighted by Crippen LogP contribution is -2.43. The molecule has 3 aromatic carbocycles. The van der Waals surface area contributed by atoms with Gasteiger partial charge in [0.15, 0.2) is 11.5 Å². The summed E-state index contributed by atoms with van der Waals surface area (Å²) in [4.78, 5) is 15.4. The highest BCUT2D eigenvalue weighted by Crippen LogP contribution is 2.41. The third kappa shape index (κ3) is 5.21. The Morgan fingerprint density at radius 1 is 0.971 bits per heavy atom. The molecule has 5 rings (SSSR count). The van der Waals surface area contributed by atoms with Gasteiger partial charge in [0.25, 0.3) is 0 Å². The summed E-state index contributed by atoms with van der Waals surface area (Å²) in [6, 6.07) is 20.4. The Balaban J connectivity index is 1.44. The fourth-order valence-electron chi connectivity index (χ4n) is 5.21. The van der Waals surface area contributed by atoms with Crippen molar-refractivity contribution in [2.45, 2.75) is 32.6 Å². The molecule has 182 valence electrons. The van der Waals surface area contributed by atoms with E-state index in [4.69, 9.17) is 14.2 Å². The van der Waals surface area contributed by atoms with Crippen LogP contribution in [0.2, 0.25) is 0 Å². The second kappa shape index (κ2) is 9.90. The van der Waals surface area contributed by atoms with Crippen molar-refractivity contribution < 1.29 is 24.1 Å². The lowest BCUT2D eigenvalue weighted by Gasteiger charge is -2.36. The molecule has 2 aliphatic rings. The van der Waals surface area contributed by atoms with Crippen LogP contribution in [0.3, 0.4) is 0 Å². The topological polar surface area (TPSA) is 68.2 Å². The molecule has 0 radical (unpaired) electrons. The number of rotatable bonds is 6. The third-order valence-corrected chi connectivity index (χ3v) is 6.76. The second-order valence-electron chi connectivity index (χ2n) is 9.75. The molecule has 6 nitrogen and oxygen atoms in total. The molecule has 3 aromatic rings. The minimum Gasteiger partial charge on any atom is -0.508 e. The molecule has 0 aliphatic carbocycles. The number of carbonyl (C=O) groups is 1. The van der Waals surface area contributed by atoms with E-state index in [1.54, 1.807) is 6.07 Å². The first-order valence-corrected chi connectivity index (χ1v) is 12.2. The molecule has 0 saturated carbocycles. The normalized spacial score (nSPS) is 19.9. The SMILES string of the molecule is CC1CC(C)CN(C(=O)CC(c2ccc3c(c2)OCO3)c2ccc(Oc3ccccc3)cc2O)C1. The Morgan fingerprint density at radius 3 is 2.46 bits per heavy atom. The number of hydrogen-bond acceptors (Lipinski definition) is 5. The van der Waals surface area contributed by atoms with Crippen LogP contribution in [-0.4, -0.2) is 35.8 Å². The van der Waals surface area contributed by atoms with Crippen LogP contribution in [0.25, 0.3) is 0 Å². The number of amides is 1. The van der Waals surface area contributed by atoms with Gasteiger partial charge in [-0.1, -0.05) is 44.2 Å². The van der Waals surface area contributed by atoms with Crippen molar-refractivity contribution in [2.75, 3.05) is 19.9 Å². The van der Waals surface area contributed by atoms with E-state index in [9.17, 15) is 9.90 Å². The summed E-state index contributed by atoms with van der Waals surface area (Å²) < 4.78 is 17.0. The first-order valence-electron chi connectivity index (χ1n) is 12.2. The van der Waals surface area contributed by atoms with Crippen molar-refractivity contribution in [3.63, 3.8) is 0 Å². The maximum absolute atomic E-state index is 13.5. The van der Waals surface area contributed by atoms with Gasteiger partial charge in [-0.15, -0.1) is 0 Å². The molecule has 0 spiro atoms. The van der Waals surface area contributed by atoms with E-state index in [1.807, 2.05) is 65.6 Å². The summed E-state index contributed by atoms with van der Waals surface area (Å²) in [5.74, 6) is 3.38. The first kappa shape index (κ1) is 23.1. The van der Waals surface area contributed by atoms with Crippen LogP contribution in [0, 0.1) is 11.8 Å². The number of benzene rings is 3. The van der Waals surface area contributed by atoms with E-state index < -0.39 is 0 Å². The number of fused-ring (bicyclic) bond motifs is 1. The molecule has 1 amide bonds. The molecule has 0 aromatic heterocycles. The number of aromatic hydroxyl groups is 1. The van der Waals surface area contributed by atoms with Gasteiger partial charge >= 0.3 is 0 Å². The van der Waals surface area contributed by atoms with Crippen LogP contribution in [0.5, 0.6) is 28.7 Å². The molecular weight excluding hydrogens is 442 g/mol. The van der Waals surface area contributed by atoms with Gasteiger partial charge in [0, 0.05) is 37.1 Å². The van der Waals surface area contributed by atoms with Crippen LogP contribution in [-0.2, 0) is 4.79 Å². The van der Waals surface area contributed by atoms with Crippen molar-refractivity contribution in [1.29, 1.82) is 0 Å².